The fraction of sp³-hybridized carbons (Fsp3) is 0.308. The third-order valence-electron chi connectivity index (χ3n) is 2.87. The van der Waals surface area contributed by atoms with Gasteiger partial charge in [0.1, 0.15) is 0 Å². The van der Waals surface area contributed by atoms with E-state index in [9.17, 15) is 19.5 Å². The standard InChI is InChI=1S/C13H13NO4/c15-11-8-12(16)14(7-3-6-13(17)18)10-5-2-1-4-9(10)11/h1-2,4-5H,3,6-8H2,(H,17,18)/p-1. The second-order valence-electron chi connectivity index (χ2n) is 4.14. The quantitative estimate of drug-likeness (QED) is 0.708. The highest BCUT2D eigenvalue weighted by Crippen LogP contribution is 2.27. The molecule has 0 atom stereocenters. The summed E-state index contributed by atoms with van der Waals surface area (Å²) in [5.74, 6) is -1.60. The van der Waals surface area contributed by atoms with Crippen LogP contribution >= 0.6 is 0 Å². The van der Waals surface area contributed by atoms with Crippen LogP contribution in [0.3, 0.4) is 0 Å². The molecule has 0 saturated heterocycles. The molecular weight excluding hydrogens is 234 g/mol. The molecule has 0 unspecified atom stereocenters. The number of hydrogen-bond acceptors (Lipinski definition) is 4. The average molecular weight is 246 g/mol. The molecule has 0 spiro atoms. The molecule has 0 bridgehead atoms. The van der Waals surface area contributed by atoms with Gasteiger partial charge in [-0.15, -0.1) is 0 Å². The predicted octanol–water partition coefficient (Wildman–Crippen LogP) is 0.136. The van der Waals surface area contributed by atoms with Crippen molar-refractivity contribution in [2.75, 3.05) is 11.4 Å². The Bertz CT molecular complexity index is 509. The van der Waals surface area contributed by atoms with E-state index in [-0.39, 0.29) is 31.1 Å². The third-order valence-corrected chi connectivity index (χ3v) is 2.87. The smallest absolute Gasteiger partial charge is 0.234 e. The summed E-state index contributed by atoms with van der Waals surface area (Å²) in [5, 5.41) is 10.4. The number of para-hydroxylation sites is 1. The molecule has 0 aliphatic carbocycles. The SMILES string of the molecule is O=C([O-])CCCN1C(=O)CC(=O)c2ccccc21. The van der Waals surface area contributed by atoms with Crippen LogP contribution in [0.4, 0.5) is 5.69 Å². The van der Waals surface area contributed by atoms with Gasteiger partial charge in [-0.05, 0) is 25.0 Å². The van der Waals surface area contributed by atoms with Gasteiger partial charge in [0.15, 0.2) is 5.78 Å². The van der Waals surface area contributed by atoms with E-state index in [0.717, 1.165) is 0 Å². The van der Waals surface area contributed by atoms with Crippen molar-refractivity contribution in [1.29, 1.82) is 0 Å². The number of anilines is 1. The van der Waals surface area contributed by atoms with Crippen LogP contribution in [-0.4, -0.2) is 24.2 Å². The van der Waals surface area contributed by atoms with Gasteiger partial charge in [0.25, 0.3) is 0 Å². The molecule has 1 heterocycles. The average Bonchev–Trinajstić information content (AvgIpc) is 2.33. The number of rotatable bonds is 4. The Morgan fingerprint density at radius 1 is 1.28 bits per heavy atom. The van der Waals surface area contributed by atoms with Gasteiger partial charge in [0, 0.05) is 18.1 Å². The van der Waals surface area contributed by atoms with Crippen LogP contribution in [0.5, 0.6) is 0 Å². The fourth-order valence-electron chi connectivity index (χ4n) is 2.03. The highest BCUT2D eigenvalue weighted by molar-refractivity contribution is 6.19. The van der Waals surface area contributed by atoms with Crippen LogP contribution in [0.15, 0.2) is 24.3 Å². The Balaban J connectivity index is 2.19. The summed E-state index contributed by atoms with van der Waals surface area (Å²) in [6, 6.07) is 6.86. The molecule has 1 aromatic carbocycles. The van der Waals surface area contributed by atoms with Crippen molar-refractivity contribution in [3.05, 3.63) is 29.8 Å². The number of carboxylic acids is 1. The van der Waals surface area contributed by atoms with Crippen molar-refractivity contribution < 1.29 is 19.5 Å². The van der Waals surface area contributed by atoms with Crippen molar-refractivity contribution >= 4 is 23.3 Å². The van der Waals surface area contributed by atoms with Gasteiger partial charge in [-0.3, -0.25) is 9.59 Å². The van der Waals surface area contributed by atoms with E-state index in [4.69, 9.17) is 0 Å². The highest BCUT2D eigenvalue weighted by atomic mass is 16.4. The van der Waals surface area contributed by atoms with E-state index < -0.39 is 5.97 Å². The maximum atomic E-state index is 11.8. The molecule has 18 heavy (non-hydrogen) atoms. The number of carbonyl (C=O) groups is 3. The van der Waals surface area contributed by atoms with Crippen LogP contribution in [0.2, 0.25) is 0 Å². The van der Waals surface area contributed by atoms with Gasteiger partial charge in [-0.2, -0.15) is 0 Å². The van der Waals surface area contributed by atoms with E-state index >= 15 is 0 Å². The van der Waals surface area contributed by atoms with E-state index in [1.807, 2.05) is 0 Å². The zero-order valence-electron chi connectivity index (χ0n) is 9.72. The van der Waals surface area contributed by atoms with Gasteiger partial charge in [0.2, 0.25) is 5.91 Å². The molecule has 1 aliphatic rings. The first-order chi connectivity index (χ1) is 8.59. The lowest BCUT2D eigenvalue weighted by molar-refractivity contribution is -0.305. The fourth-order valence-corrected chi connectivity index (χ4v) is 2.03. The summed E-state index contributed by atoms with van der Waals surface area (Å²) in [6.45, 7) is 0.289. The Labute approximate surface area is 104 Å². The number of nitrogens with zero attached hydrogens (tertiary/aromatic N) is 1. The summed E-state index contributed by atoms with van der Waals surface area (Å²) < 4.78 is 0. The molecule has 0 saturated carbocycles. The lowest BCUT2D eigenvalue weighted by Crippen LogP contribution is -2.38. The lowest BCUT2D eigenvalue weighted by atomic mass is 9.99. The first kappa shape index (κ1) is 12.3. The molecule has 0 fully saturated rings. The van der Waals surface area contributed by atoms with Gasteiger partial charge in [0.05, 0.1) is 12.1 Å². The summed E-state index contributed by atoms with van der Waals surface area (Å²) in [7, 11) is 0. The van der Waals surface area contributed by atoms with E-state index in [1.165, 1.54) is 4.90 Å². The van der Waals surface area contributed by atoms with Gasteiger partial charge < -0.3 is 14.8 Å². The molecule has 0 aromatic heterocycles. The minimum atomic E-state index is -1.14. The normalized spacial score (nSPS) is 14.6. The number of benzene rings is 1. The molecule has 5 nitrogen and oxygen atoms in total. The lowest BCUT2D eigenvalue weighted by Gasteiger charge is -2.28. The van der Waals surface area contributed by atoms with E-state index in [1.54, 1.807) is 24.3 Å². The number of ketones is 1. The summed E-state index contributed by atoms with van der Waals surface area (Å²) in [6.07, 6.45) is 0.0683. The Hall–Kier alpha value is -2.17. The van der Waals surface area contributed by atoms with Crippen LogP contribution < -0.4 is 10.0 Å². The molecular formula is C13H12NO4-. The Morgan fingerprint density at radius 2 is 2.00 bits per heavy atom. The van der Waals surface area contributed by atoms with Crippen molar-refractivity contribution in [3.8, 4) is 0 Å². The molecule has 1 aliphatic heterocycles. The highest BCUT2D eigenvalue weighted by Gasteiger charge is 2.28. The maximum absolute atomic E-state index is 11.8. The van der Waals surface area contributed by atoms with Crippen molar-refractivity contribution in [2.45, 2.75) is 19.3 Å². The number of Topliss-reactive ketones (excluding diaryl/α,β-unsaturated/α-hetero) is 1. The number of fused-ring (bicyclic) bond motifs is 1. The molecule has 1 amide bonds. The molecule has 0 radical (unpaired) electrons. The van der Waals surface area contributed by atoms with Crippen molar-refractivity contribution in [2.24, 2.45) is 0 Å². The summed E-state index contributed by atoms with van der Waals surface area (Å²) in [5.41, 5.74) is 1.09. The molecule has 2 rings (SSSR count). The largest absolute Gasteiger partial charge is 0.550 e. The molecule has 1 aromatic rings. The third kappa shape index (κ3) is 2.40. The van der Waals surface area contributed by atoms with E-state index in [0.29, 0.717) is 17.7 Å². The van der Waals surface area contributed by atoms with E-state index in [2.05, 4.69) is 0 Å². The van der Waals surface area contributed by atoms with Crippen molar-refractivity contribution in [1.82, 2.24) is 0 Å². The van der Waals surface area contributed by atoms with Crippen molar-refractivity contribution in [3.63, 3.8) is 0 Å². The van der Waals surface area contributed by atoms with Crippen LogP contribution in [0, 0.1) is 0 Å². The predicted molar refractivity (Wildman–Crippen MR) is 62.0 cm³/mol. The zero-order chi connectivity index (χ0) is 13.1. The van der Waals surface area contributed by atoms with Gasteiger partial charge >= 0.3 is 0 Å². The zero-order valence-corrected chi connectivity index (χ0v) is 9.72. The topological polar surface area (TPSA) is 77.5 Å². The first-order valence-electron chi connectivity index (χ1n) is 5.72. The van der Waals surface area contributed by atoms with Crippen LogP contribution in [0.1, 0.15) is 29.6 Å². The van der Waals surface area contributed by atoms with Gasteiger partial charge in [-0.1, -0.05) is 12.1 Å². The minimum Gasteiger partial charge on any atom is -0.550 e. The number of carbonyl (C=O) groups excluding carboxylic acids is 3. The summed E-state index contributed by atoms with van der Waals surface area (Å²) in [4.78, 5) is 35.3. The minimum absolute atomic E-state index is 0.0973. The number of carboxylic acid groups (broad SMARTS) is 1. The second kappa shape index (κ2) is 5.00. The number of amides is 1. The van der Waals surface area contributed by atoms with Gasteiger partial charge in [-0.25, -0.2) is 0 Å². The number of aliphatic carboxylic acids is 1. The first-order valence-corrected chi connectivity index (χ1v) is 5.72. The monoisotopic (exact) mass is 246 g/mol. The summed E-state index contributed by atoms with van der Waals surface area (Å²) >= 11 is 0. The molecule has 94 valence electrons. The number of hydrogen-bond donors (Lipinski definition) is 0. The van der Waals surface area contributed by atoms with Crippen LogP contribution in [-0.2, 0) is 9.59 Å². The van der Waals surface area contributed by atoms with Crippen LogP contribution in [0.25, 0.3) is 0 Å². The Morgan fingerprint density at radius 3 is 2.72 bits per heavy atom. The Kier molecular flexibility index (Phi) is 3.41. The second-order valence-corrected chi connectivity index (χ2v) is 4.14. The maximum Gasteiger partial charge on any atom is 0.234 e. The molecule has 5 heteroatoms. The molecule has 0 N–H and O–H groups in total.